The summed E-state index contributed by atoms with van der Waals surface area (Å²) in [6, 6.07) is 5.38. The van der Waals surface area contributed by atoms with E-state index in [0.29, 0.717) is 5.69 Å². The Morgan fingerprint density at radius 1 is 1.21 bits per heavy atom. The second kappa shape index (κ2) is 6.69. The van der Waals surface area contributed by atoms with Gasteiger partial charge in [0.1, 0.15) is 0 Å². The lowest BCUT2D eigenvalue weighted by Crippen LogP contribution is -2.22. The van der Waals surface area contributed by atoms with Crippen LogP contribution >= 0.6 is 0 Å². The molecule has 1 N–H and O–H groups in total. The zero-order valence-corrected chi connectivity index (χ0v) is 12.9. The molecule has 0 radical (unpaired) electrons. The highest BCUT2D eigenvalue weighted by Gasteiger charge is 2.30. The standard InChI is InChI=1S/C16H14F3N3O2/c1-10(9-20-2)15(24)14-13(23)7-8-22(21-14)12-5-3-11(4-6-12)16(17,18)19/h3-9,20H,1-2H3/b10-9+. The van der Waals surface area contributed by atoms with Crippen LogP contribution in [0.5, 0.6) is 0 Å². The number of allylic oxidation sites excluding steroid dienone is 1. The van der Waals surface area contributed by atoms with Gasteiger partial charge in [0, 0.05) is 31.1 Å². The van der Waals surface area contributed by atoms with E-state index in [1.807, 2.05) is 0 Å². The molecule has 1 heterocycles. The predicted octanol–water partition coefficient (Wildman–Crippen LogP) is 2.56. The van der Waals surface area contributed by atoms with Gasteiger partial charge in [-0.25, -0.2) is 4.68 Å². The Morgan fingerprint density at radius 3 is 2.38 bits per heavy atom. The van der Waals surface area contributed by atoms with Crippen molar-refractivity contribution in [3.05, 3.63) is 69.8 Å². The normalized spacial score (nSPS) is 12.1. The Labute approximate surface area is 135 Å². The third-order valence-electron chi connectivity index (χ3n) is 3.20. The maximum atomic E-state index is 12.6. The van der Waals surface area contributed by atoms with Gasteiger partial charge in [0.05, 0.1) is 11.3 Å². The van der Waals surface area contributed by atoms with Crippen molar-refractivity contribution in [1.29, 1.82) is 0 Å². The van der Waals surface area contributed by atoms with Crippen LogP contribution in [0.1, 0.15) is 23.0 Å². The molecule has 0 spiro atoms. The molecule has 1 aromatic heterocycles. The summed E-state index contributed by atoms with van der Waals surface area (Å²) in [4.78, 5) is 24.0. The first kappa shape index (κ1) is 17.5. The second-order valence-electron chi connectivity index (χ2n) is 4.96. The Morgan fingerprint density at radius 2 is 1.83 bits per heavy atom. The number of benzene rings is 1. The van der Waals surface area contributed by atoms with Crippen molar-refractivity contribution in [2.24, 2.45) is 0 Å². The first-order valence-electron chi connectivity index (χ1n) is 6.90. The first-order valence-corrected chi connectivity index (χ1v) is 6.90. The van der Waals surface area contributed by atoms with Crippen molar-refractivity contribution in [2.45, 2.75) is 13.1 Å². The number of aromatic nitrogens is 2. The van der Waals surface area contributed by atoms with Crippen LogP contribution in [0.2, 0.25) is 0 Å². The molecule has 1 aromatic carbocycles. The lowest BCUT2D eigenvalue weighted by Gasteiger charge is -2.10. The number of nitrogens with one attached hydrogen (secondary N) is 1. The molecular formula is C16H14F3N3O2. The van der Waals surface area contributed by atoms with Gasteiger partial charge in [-0.05, 0) is 31.2 Å². The number of carbonyl (C=O) groups is 1. The number of hydrogen-bond acceptors (Lipinski definition) is 4. The molecule has 0 atom stereocenters. The highest BCUT2D eigenvalue weighted by molar-refractivity contribution is 6.06. The summed E-state index contributed by atoms with van der Waals surface area (Å²) in [5.41, 5.74) is -1.08. The molecule has 0 saturated heterocycles. The summed E-state index contributed by atoms with van der Waals surface area (Å²) in [7, 11) is 1.61. The van der Waals surface area contributed by atoms with Crippen LogP contribution in [-0.4, -0.2) is 22.6 Å². The number of halogens is 3. The first-order chi connectivity index (χ1) is 11.2. The van der Waals surface area contributed by atoms with E-state index < -0.39 is 23.0 Å². The monoisotopic (exact) mass is 337 g/mol. The SMILES string of the molecule is CN/C=C(\C)C(=O)c1nn(-c2ccc(C(F)(F)F)cc2)ccc1=O. The number of ketones is 1. The van der Waals surface area contributed by atoms with E-state index in [9.17, 15) is 22.8 Å². The van der Waals surface area contributed by atoms with Crippen molar-refractivity contribution >= 4 is 5.78 Å². The van der Waals surface area contributed by atoms with E-state index in [-0.39, 0.29) is 11.3 Å². The zero-order valence-electron chi connectivity index (χ0n) is 12.9. The Kier molecular flexibility index (Phi) is 4.87. The maximum absolute atomic E-state index is 12.6. The largest absolute Gasteiger partial charge is 0.416 e. The minimum absolute atomic E-state index is 0.285. The van der Waals surface area contributed by atoms with Gasteiger partial charge in [-0.3, -0.25) is 9.59 Å². The van der Waals surface area contributed by atoms with Gasteiger partial charge in [-0.1, -0.05) is 0 Å². The summed E-state index contributed by atoms with van der Waals surface area (Å²) in [5.74, 6) is -0.560. The Balaban J connectivity index is 2.43. The molecule has 0 bridgehead atoms. The lowest BCUT2D eigenvalue weighted by atomic mass is 10.1. The summed E-state index contributed by atoms with van der Waals surface area (Å²) < 4.78 is 38.9. The second-order valence-corrected chi connectivity index (χ2v) is 4.96. The van der Waals surface area contributed by atoms with Crippen molar-refractivity contribution in [2.75, 3.05) is 7.05 Å². The number of rotatable bonds is 4. The van der Waals surface area contributed by atoms with Gasteiger partial charge in [-0.2, -0.15) is 18.3 Å². The molecule has 0 aliphatic heterocycles. The van der Waals surface area contributed by atoms with Crippen LogP contribution in [0.4, 0.5) is 13.2 Å². The van der Waals surface area contributed by atoms with E-state index in [2.05, 4.69) is 10.4 Å². The molecule has 0 saturated carbocycles. The molecule has 126 valence electrons. The van der Waals surface area contributed by atoms with E-state index in [1.165, 1.54) is 36.1 Å². The van der Waals surface area contributed by atoms with Crippen LogP contribution in [-0.2, 0) is 6.18 Å². The minimum atomic E-state index is -4.44. The molecule has 0 aliphatic rings. The molecule has 0 amide bonds. The van der Waals surface area contributed by atoms with Gasteiger partial charge >= 0.3 is 6.18 Å². The zero-order chi connectivity index (χ0) is 17.9. The van der Waals surface area contributed by atoms with Crippen LogP contribution in [0.25, 0.3) is 5.69 Å². The number of Topliss-reactive ketones (excluding diaryl/α,β-unsaturated/α-hetero) is 1. The fourth-order valence-electron chi connectivity index (χ4n) is 1.98. The fraction of sp³-hybridized carbons (Fsp3) is 0.188. The molecule has 0 unspecified atom stereocenters. The molecular weight excluding hydrogens is 323 g/mol. The average molecular weight is 337 g/mol. The molecule has 0 fully saturated rings. The summed E-state index contributed by atoms with van der Waals surface area (Å²) in [6.07, 6.45) is -1.72. The number of nitrogens with zero attached hydrogens (tertiary/aromatic N) is 2. The van der Waals surface area contributed by atoms with E-state index >= 15 is 0 Å². The molecule has 24 heavy (non-hydrogen) atoms. The predicted molar refractivity (Wildman–Crippen MR) is 82.0 cm³/mol. The van der Waals surface area contributed by atoms with Crippen molar-refractivity contribution in [1.82, 2.24) is 15.1 Å². The van der Waals surface area contributed by atoms with Gasteiger partial charge < -0.3 is 5.32 Å². The minimum Gasteiger partial charge on any atom is -0.394 e. The quantitative estimate of drug-likeness (QED) is 0.688. The fourth-order valence-corrected chi connectivity index (χ4v) is 1.98. The van der Waals surface area contributed by atoms with Gasteiger partial charge in [0.25, 0.3) is 0 Å². The topological polar surface area (TPSA) is 64.0 Å². The van der Waals surface area contributed by atoms with Gasteiger partial charge in [0.2, 0.25) is 11.2 Å². The Bertz CT molecular complexity index is 837. The van der Waals surface area contributed by atoms with Crippen molar-refractivity contribution in [3.8, 4) is 5.69 Å². The van der Waals surface area contributed by atoms with E-state index in [1.54, 1.807) is 7.05 Å². The Hall–Kier alpha value is -2.90. The number of alkyl halides is 3. The average Bonchev–Trinajstić information content (AvgIpc) is 2.54. The number of hydrogen-bond donors (Lipinski definition) is 1. The van der Waals surface area contributed by atoms with E-state index in [4.69, 9.17) is 0 Å². The van der Waals surface area contributed by atoms with Crippen LogP contribution < -0.4 is 10.7 Å². The van der Waals surface area contributed by atoms with Crippen LogP contribution in [0, 0.1) is 0 Å². The maximum Gasteiger partial charge on any atom is 0.416 e. The molecule has 5 nitrogen and oxygen atoms in total. The molecule has 2 rings (SSSR count). The summed E-state index contributed by atoms with van der Waals surface area (Å²) in [5, 5.41) is 6.62. The summed E-state index contributed by atoms with van der Waals surface area (Å²) in [6.45, 7) is 1.52. The van der Waals surface area contributed by atoms with Crippen LogP contribution in [0.15, 0.2) is 53.1 Å². The van der Waals surface area contributed by atoms with E-state index in [0.717, 1.165) is 18.2 Å². The smallest absolute Gasteiger partial charge is 0.394 e. The van der Waals surface area contributed by atoms with Crippen molar-refractivity contribution < 1.29 is 18.0 Å². The van der Waals surface area contributed by atoms with Gasteiger partial charge in [0.15, 0.2) is 5.69 Å². The molecule has 0 aliphatic carbocycles. The highest BCUT2D eigenvalue weighted by Crippen LogP contribution is 2.29. The van der Waals surface area contributed by atoms with Crippen molar-refractivity contribution in [3.63, 3.8) is 0 Å². The highest BCUT2D eigenvalue weighted by atomic mass is 19.4. The van der Waals surface area contributed by atoms with Crippen LogP contribution in [0.3, 0.4) is 0 Å². The third kappa shape index (κ3) is 3.70. The summed E-state index contributed by atoms with van der Waals surface area (Å²) >= 11 is 0. The van der Waals surface area contributed by atoms with Gasteiger partial charge in [-0.15, -0.1) is 0 Å². The number of carbonyl (C=O) groups excluding carboxylic acids is 1. The third-order valence-corrected chi connectivity index (χ3v) is 3.20. The lowest BCUT2D eigenvalue weighted by molar-refractivity contribution is -0.137. The molecule has 8 heteroatoms. The molecule has 2 aromatic rings.